The van der Waals surface area contributed by atoms with Crippen LogP contribution in [0.25, 0.3) is 21.9 Å². The number of hydrogen-bond donors (Lipinski definition) is 2. The normalized spacial score (nSPS) is 12.6. The number of esters is 1. The molecular formula is C32H32N2O6S. The molecular weight excluding hydrogens is 540 g/mol. The Hall–Kier alpha value is -4.21. The Morgan fingerprint density at radius 2 is 1.76 bits per heavy atom. The molecule has 0 aliphatic heterocycles. The van der Waals surface area contributed by atoms with Crippen LogP contribution in [0.3, 0.4) is 0 Å². The van der Waals surface area contributed by atoms with E-state index in [9.17, 15) is 18.0 Å². The summed E-state index contributed by atoms with van der Waals surface area (Å²) in [5, 5.41) is 1.41. The molecule has 5 rings (SSSR count). The summed E-state index contributed by atoms with van der Waals surface area (Å²) in [5.41, 5.74) is 3.83. The summed E-state index contributed by atoms with van der Waals surface area (Å²) in [6, 6.07) is 17.6. The smallest absolute Gasteiger partial charge is 0.336 e. The van der Waals surface area contributed by atoms with E-state index in [0.29, 0.717) is 23.0 Å². The highest BCUT2D eigenvalue weighted by Crippen LogP contribution is 2.31. The van der Waals surface area contributed by atoms with Gasteiger partial charge in [-0.1, -0.05) is 49.2 Å². The minimum absolute atomic E-state index is 0.0458. The Kier molecular flexibility index (Phi) is 8.10. The van der Waals surface area contributed by atoms with Gasteiger partial charge in [-0.2, -0.15) is 4.72 Å². The SMILES string of the molecule is CCCCc1cc(=O)oc2cc(C)cc(OC(=O)[C@@H](Cc3c[nH]c4ccccc34)NS(=O)(=O)c3ccc(C)cc3)c12. The molecule has 0 amide bonds. The van der Waals surface area contributed by atoms with Crippen molar-refractivity contribution in [1.82, 2.24) is 9.71 Å². The first-order chi connectivity index (χ1) is 19.6. The number of aryl methyl sites for hydroxylation is 3. The number of fused-ring (bicyclic) bond motifs is 2. The molecule has 3 aromatic carbocycles. The number of ether oxygens (including phenoxy) is 1. The second-order valence-electron chi connectivity index (χ2n) is 10.3. The van der Waals surface area contributed by atoms with E-state index >= 15 is 0 Å². The predicted molar refractivity (Wildman–Crippen MR) is 159 cm³/mol. The number of hydrogen-bond acceptors (Lipinski definition) is 6. The molecule has 0 saturated carbocycles. The number of aromatic amines is 1. The van der Waals surface area contributed by atoms with Gasteiger partial charge in [-0.05, 0) is 73.7 Å². The minimum atomic E-state index is -4.07. The lowest BCUT2D eigenvalue weighted by atomic mass is 10.0. The summed E-state index contributed by atoms with van der Waals surface area (Å²) in [6.45, 7) is 5.72. The van der Waals surface area contributed by atoms with E-state index in [2.05, 4.69) is 9.71 Å². The van der Waals surface area contributed by atoms with Crippen molar-refractivity contribution in [2.45, 2.75) is 57.4 Å². The van der Waals surface area contributed by atoms with Crippen LogP contribution in [-0.2, 0) is 27.7 Å². The quantitative estimate of drug-likeness (QED) is 0.125. The first-order valence-electron chi connectivity index (χ1n) is 13.6. The third kappa shape index (κ3) is 6.26. The molecule has 2 aromatic heterocycles. The fourth-order valence-corrected chi connectivity index (χ4v) is 6.15. The second kappa shape index (κ2) is 11.7. The summed E-state index contributed by atoms with van der Waals surface area (Å²) in [4.78, 5) is 29.3. The van der Waals surface area contributed by atoms with Crippen molar-refractivity contribution in [2.75, 3.05) is 0 Å². The average Bonchev–Trinajstić information content (AvgIpc) is 3.33. The van der Waals surface area contributed by atoms with Crippen LogP contribution >= 0.6 is 0 Å². The van der Waals surface area contributed by atoms with Crippen LogP contribution in [0.4, 0.5) is 0 Å². The minimum Gasteiger partial charge on any atom is -0.425 e. The molecule has 0 saturated heterocycles. The maximum Gasteiger partial charge on any atom is 0.336 e. The maximum atomic E-state index is 13.8. The van der Waals surface area contributed by atoms with Crippen LogP contribution < -0.4 is 15.1 Å². The van der Waals surface area contributed by atoms with Crippen molar-refractivity contribution in [3.8, 4) is 5.75 Å². The Morgan fingerprint density at radius 1 is 1.00 bits per heavy atom. The zero-order valence-electron chi connectivity index (χ0n) is 23.2. The number of carbonyl (C=O) groups excluding carboxylic acids is 1. The van der Waals surface area contributed by atoms with Gasteiger partial charge in [0.25, 0.3) is 0 Å². The monoisotopic (exact) mass is 572 g/mol. The van der Waals surface area contributed by atoms with Crippen LogP contribution in [0, 0.1) is 13.8 Å². The molecule has 2 N–H and O–H groups in total. The molecule has 8 nitrogen and oxygen atoms in total. The lowest BCUT2D eigenvalue weighted by Crippen LogP contribution is -2.44. The van der Waals surface area contributed by atoms with E-state index < -0.39 is 27.7 Å². The molecule has 0 bridgehead atoms. The molecule has 41 heavy (non-hydrogen) atoms. The van der Waals surface area contributed by atoms with E-state index in [4.69, 9.17) is 9.15 Å². The zero-order valence-corrected chi connectivity index (χ0v) is 24.0. The molecule has 0 aliphatic rings. The van der Waals surface area contributed by atoms with Crippen molar-refractivity contribution in [3.05, 3.63) is 106 Å². The number of H-pyrrole nitrogens is 1. The molecule has 2 heterocycles. The fourth-order valence-electron chi connectivity index (χ4n) is 4.96. The molecule has 212 valence electrons. The van der Waals surface area contributed by atoms with Gasteiger partial charge in [0.2, 0.25) is 10.0 Å². The maximum absolute atomic E-state index is 13.8. The third-order valence-electron chi connectivity index (χ3n) is 7.06. The van der Waals surface area contributed by atoms with Crippen molar-refractivity contribution in [3.63, 3.8) is 0 Å². The Labute approximate surface area is 238 Å². The van der Waals surface area contributed by atoms with Crippen molar-refractivity contribution in [1.29, 1.82) is 0 Å². The molecule has 1 atom stereocenters. The number of carbonyl (C=O) groups is 1. The summed E-state index contributed by atoms with van der Waals surface area (Å²) in [7, 11) is -4.07. The summed E-state index contributed by atoms with van der Waals surface area (Å²) in [6.07, 6.45) is 4.17. The highest BCUT2D eigenvalue weighted by molar-refractivity contribution is 7.89. The summed E-state index contributed by atoms with van der Waals surface area (Å²) >= 11 is 0. The first kappa shape index (κ1) is 28.3. The van der Waals surface area contributed by atoms with Gasteiger partial charge >= 0.3 is 11.6 Å². The van der Waals surface area contributed by atoms with Crippen LogP contribution in [0.1, 0.15) is 42.0 Å². The van der Waals surface area contributed by atoms with E-state index in [0.717, 1.165) is 40.4 Å². The lowest BCUT2D eigenvalue weighted by molar-refractivity contribution is -0.136. The number of aromatic nitrogens is 1. The number of nitrogens with one attached hydrogen (secondary N) is 2. The average molecular weight is 573 g/mol. The van der Waals surface area contributed by atoms with Gasteiger partial charge < -0.3 is 14.1 Å². The standard InChI is InChI=1S/C32H32N2O6S/c1-4-5-8-22-18-30(35)39-28-15-21(3)16-29(31(22)28)40-32(36)27(17-23-19-33-26-10-7-6-9-25(23)26)34-41(37,38)24-13-11-20(2)12-14-24/h6-7,9-16,18-19,27,33-34H,4-5,8,17H2,1-3H3/t27-/m1/s1. The number of rotatable bonds is 10. The number of sulfonamides is 1. The van der Waals surface area contributed by atoms with Gasteiger partial charge in [0, 0.05) is 29.6 Å². The van der Waals surface area contributed by atoms with Gasteiger partial charge in [-0.15, -0.1) is 0 Å². The molecule has 0 radical (unpaired) electrons. The van der Waals surface area contributed by atoms with E-state index in [1.807, 2.05) is 38.1 Å². The molecule has 9 heteroatoms. The molecule has 0 unspecified atom stereocenters. The largest absolute Gasteiger partial charge is 0.425 e. The van der Waals surface area contributed by atoms with Crippen LogP contribution in [-0.4, -0.2) is 25.4 Å². The third-order valence-corrected chi connectivity index (χ3v) is 8.54. The fraction of sp³-hybridized carbons (Fsp3) is 0.250. The van der Waals surface area contributed by atoms with Crippen LogP contribution in [0.5, 0.6) is 5.75 Å². The molecule has 5 aromatic rings. The van der Waals surface area contributed by atoms with Crippen LogP contribution in [0.2, 0.25) is 0 Å². The highest BCUT2D eigenvalue weighted by Gasteiger charge is 2.29. The summed E-state index contributed by atoms with van der Waals surface area (Å²) in [5.74, 6) is -0.552. The summed E-state index contributed by atoms with van der Waals surface area (Å²) < 4.78 is 40.8. The second-order valence-corrected chi connectivity index (χ2v) is 12.0. The number of unbranched alkanes of at least 4 members (excludes halogenated alkanes) is 1. The van der Waals surface area contributed by atoms with Gasteiger partial charge in [0.15, 0.2) is 0 Å². The number of para-hydroxylation sites is 1. The van der Waals surface area contributed by atoms with Crippen molar-refractivity contribution < 1.29 is 22.4 Å². The van der Waals surface area contributed by atoms with Crippen molar-refractivity contribution in [2.24, 2.45) is 0 Å². The number of benzene rings is 3. The highest BCUT2D eigenvalue weighted by atomic mass is 32.2. The lowest BCUT2D eigenvalue weighted by Gasteiger charge is -2.19. The van der Waals surface area contributed by atoms with Gasteiger partial charge in [-0.25, -0.2) is 18.0 Å². The Bertz CT molecular complexity index is 1890. The van der Waals surface area contributed by atoms with Crippen LogP contribution in [0.15, 0.2) is 87.0 Å². The Morgan fingerprint density at radius 3 is 2.51 bits per heavy atom. The molecule has 0 fully saturated rings. The van der Waals surface area contributed by atoms with Gasteiger partial charge in [0.05, 0.1) is 10.3 Å². The van der Waals surface area contributed by atoms with Gasteiger partial charge in [0.1, 0.15) is 17.4 Å². The van der Waals surface area contributed by atoms with Crippen molar-refractivity contribution >= 4 is 37.9 Å². The van der Waals surface area contributed by atoms with E-state index in [1.165, 1.54) is 18.2 Å². The zero-order chi connectivity index (χ0) is 29.1. The van der Waals surface area contributed by atoms with Gasteiger partial charge in [-0.3, -0.25) is 0 Å². The topological polar surface area (TPSA) is 118 Å². The first-order valence-corrected chi connectivity index (χ1v) is 15.1. The van der Waals surface area contributed by atoms with E-state index in [1.54, 1.807) is 37.4 Å². The predicted octanol–water partition coefficient (Wildman–Crippen LogP) is 5.73. The molecule has 0 spiro atoms. The van der Waals surface area contributed by atoms with E-state index in [-0.39, 0.29) is 17.1 Å². The molecule has 0 aliphatic carbocycles. The Balaban J connectivity index is 1.55.